The standard InChI is InChI=1S/C16H23N5/c1-2-11-9-21(8-7-13(11)17)10-15-19-14-6-4-3-5-12(14)16(18)20-15/h3-6,11,13H,2,7-10,17H2,1H3,(H2,18,19,20). The molecule has 1 aromatic heterocycles. The molecule has 5 heteroatoms. The van der Waals surface area contributed by atoms with Crippen LogP contribution in [0.1, 0.15) is 25.6 Å². The van der Waals surface area contributed by atoms with Gasteiger partial charge in [0.25, 0.3) is 0 Å². The van der Waals surface area contributed by atoms with Crippen LogP contribution in [0, 0.1) is 5.92 Å². The number of nitrogens with two attached hydrogens (primary N) is 2. The van der Waals surface area contributed by atoms with Crippen LogP contribution in [-0.2, 0) is 6.54 Å². The fraction of sp³-hybridized carbons (Fsp3) is 0.500. The maximum atomic E-state index is 6.17. The van der Waals surface area contributed by atoms with Gasteiger partial charge in [0.05, 0.1) is 12.1 Å². The molecule has 0 radical (unpaired) electrons. The van der Waals surface area contributed by atoms with Crippen molar-refractivity contribution in [2.24, 2.45) is 11.7 Å². The molecule has 1 aromatic carbocycles. The molecule has 0 saturated carbocycles. The molecule has 2 aromatic rings. The topological polar surface area (TPSA) is 81.1 Å². The molecular formula is C16H23N5. The van der Waals surface area contributed by atoms with Gasteiger partial charge in [-0.1, -0.05) is 25.5 Å². The molecule has 1 aliphatic heterocycles. The number of rotatable bonds is 3. The molecule has 0 amide bonds. The van der Waals surface area contributed by atoms with Crippen molar-refractivity contribution in [3.8, 4) is 0 Å². The molecule has 0 aliphatic carbocycles. The predicted octanol–water partition coefficient (Wildman–Crippen LogP) is 1.77. The van der Waals surface area contributed by atoms with Crippen molar-refractivity contribution in [2.45, 2.75) is 32.4 Å². The van der Waals surface area contributed by atoms with Gasteiger partial charge in [-0.2, -0.15) is 0 Å². The summed E-state index contributed by atoms with van der Waals surface area (Å²) in [7, 11) is 0. The molecule has 112 valence electrons. The molecule has 5 nitrogen and oxygen atoms in total. The van der Waals surface area contributed by atoms with E-state index in [4.69, 9.17) is 11.5 Å². The molecule has 3 rings (SSSR count). The maximum absolute atomic E-state index is 6.17. The lowest BCUT2D eigenvalue weighted by molar-refractivity contribution is 0.142. The van der Waals surface area contributed by atoms with Gasteiger partial charge in [-0.15, -0.1) is 0 Å². The van der Waals surface area contributed by atoms with Crippen LogP contribution in [0.2, 0.25) is 0 Å². The van der Waals surface area contributed by atoms with Crippen LogP contribution < -0.4 is 11.5 Å². The summed E-state index contributed by atoms with van der Waals surface area (Å²) in [6.45, 7) is 4.98. The van der Waals surface area contributed by atoms with Crippen molar-refractivity contribution in [1.82, 2.24) is 14.9 Å². The Morgan fingerprint density at radius 2 is 2.10 bits per heavy atom. The predicted molar refractivity (Wildman–Crippen MR) is 85.6 cm³/mol. The second kappa shape index (κ2) is 5.95. The second-order valence-corrected chi connectivity index (χ2v) is 5.90. The van der Waals surface area contributed by atoms with Gasteiger partial charge in [0.2, 0.25) is 0 Å². The Hall–Kier alpha value is -1.72. The average Bonchev–Trinajstić information content (AvgIpc) is 2.49. The molecule has 2 unspecified atom stereocenters. The normalized spacial score (nSPS) is 23.5. The Kier molecular flexibility index (Phi) is 4.03. The Morgan fingerprint density at radius 1 is 1.29 bits per heavy atom. The van der Waals surface area contributed by atoms with E-state index < -0.39 is 0 Å². The van der Waals surface area contributed by atoms with Gasteiger partial charge in [0.1, 0.15) is 11.6 Å². The van der Waals surface area contributed by atoms with Crippen molar-refractivity contribution in [3.63, 3.8) is 0 Å². The number of fused-ring (bicyclic) bond motifs is 1. The summed E-state index contributed by atoms with van der Waals surface area (Å²) in [6, 6.07) is 8.21. The first kappa shape index (κ1) is 14.2. The first-order valence-electron chi connectivity index (χ1n) is 7.66. The molecule has 21 heavy (non-hydrogen) atoms. The number of piperidine rings is 1. The lowest BCUT2D eigenvalue weighted by atomic mass is 9.91. The van der Waals surface area contributed by atoms with Crippen LogP contribution in [0.15, 0.2) is 24.3 Å². The fourth-order valence-corrected chi connectivity index (χ4v) is 3.12. The van der Waals surface area contributed by atoms with Crippen LogP contribution >= 0.6 is 0 Å². The van der Waals surface area contributed by atoms with Crippen LogP contribution in [0.4, 0.5) is 5.82 Å². The maximum Gasteiger partial charge on any atom is 0.145 e. The van der Waals surface area contributed by atoms with E-state index in [1.807, 2.05) is 24.3 Å². The number of aromatic nitrogens is 2. The van der Waals surface area contributed by atoms with Crippen molar-refractivity contribution < 1.29 is 0 Å². The van der Waals surface area contributed by atoms with E-state index >= 15 is 0 Å². The lowest BCUT2D eigenvalue weighted by Gasteiger charge is -2.36. The lowest BCUT2D eigenvalue weighted by Crippen LogP contribution is -2.46. The Bertz CT molecular complexity index is 627. The third kappa shape index (κ3) is 2.99. The van der Waals surface area contributed by atoms with E-state index in [-0.39, 0.29) is 0 Å². The third-order valence-electron chi connectivity index (χ3n) is 4.45. The van der Waals surface area contributed by atoms with Crippen LogP contribution in [0.5, 0.6) is 0 Å². The molecule has 1 fully saturated rings. The van der Waals surface area contributed by atoms with Gasteiger partial charge in [-0.05, 0) is 24.5 Å². The van der Waals surface area contributed by atoms with Crippen molar-refractivity contribution in [3.05, 3.63) is 30.1 Å². The van der Waals surface area contributed by atoms with Gasteiger partial charge in [0.15, 0.2) is 0 Å². The van der Waals surface area contributed by atoms with Gasteiger partial charge < -0.3 is 11.5 Å². The minimum absolute atomic E-state index is 0.328. The zero-order chi connectivity index (χ0) is 14.8. The number of benzene rings is 1. The number of nitrogens with zero attached hydrogens (tertiary/aromatic N) is 3. The van der Waals surface area contributed by atoms with Gasteiger partial charge in [0, 0.05) is 24.5 Å². The van der Waals surface area contributed by atoms with Crippen molar-refractivity contribution in [2.75, 3.05) is 18.8 Å². The SMILES string of the molecule is CCC1CN(Cc2nc(N)c3ccccc3n2)CCC1N. The van der Waals surface area contributed by atoms with E-state index in [1.165, 1.54) is 0 Å². The smallest absolute Gasteiger partial charge is 0.145 e. The van der Waals surface area contributed by atoms with E-state index in [9.17, 15) is 0 Å². The highest BCUT2D eigenvalue weighted by molar-refractivity contribution is 5.87. The third-order valence-corrected chi connectivity index (χ3v) is 4.45. The molecule has 0 bridgehead atoms. The molecule has 1 saturated heterocycles. The van der Waals surface area contributed by atoms with Gasteiger partial charge >= 0.3 is 0 Å². The Morgan fingerprint density at radius 3 is 2.90 bits per heavy atom. The van der Waals surface area contributed by atoms with Gasteiger partial charge in [-0.25, -0.2) is 9.97 Å². The summed E-state index contributed by atoms with van der Waals surface area (Å²) in [5.41, 5.74) is 13.1. The van der Waals surface area contributed by atoms with E-state index in [2.05, 4.69) is 21.8 Å². The Balaban J connectivity index is 1.79. The highest BCUT2D eigenvalue weighted by Crippen LogP contribution is 2.21. The van der Waals surface area contributed by atoms with E-state index in [1.54, 1.807) is 0 Å². The van der Waals surface area contributed by atoms with E-state index in [0.717, 1.165) is 49.2 Å². The summed E-state index contributed by atoms with van der Waals surface area (Å²) in [5.74, 6) is 1.93. The number of para-hydroxylation sites is 1. The summed E-state index contributed by atoms with van der Waals surface area (Å²) in [5, 5.41) is 0.924. The zero-order valence-corrected chi connectivity index (χ0v) is 12.5. The average molecular weight is 285 g/mol. The number of hydrogen-bond donors (Lipinski definition) is 2. The van der Waals surface area contributed by atoms with Crippen molar-refractivity contribution >= 4 is 16.7 Å². The monoisotopic (exact) mass is 285 g/mol. The molecule has 4 N–H and O–H groups in total. The molecule has 2 atom stereocenters. The fourth-order valence-electron chi connectivity index (χ4n) is 3.12. The summed E-state index contributed by atoms with van der Waals surface area (Å²) in [4.78, 5) is 11.5. The Labute approximate surface area is 125 Å². The molecule has 0 spiro atoms. The highest BCUT2D eigenvalue weighted by Gasteiger charge is 2.25. The highest BCUT2D eigenvalue weighted by atomic mass is 15.2. The van der Waals surface area contributed by atoms with E-state index in [0.29, 0.717) is 17.8 Å². The molecule has 1 aliphatic rings. The number of nitrogen functional groups attached to an aromatic ring is 1. The summed E-state index contributed by atoms with van der Waals surface area (Å²) in [6.07, 6.45) is 2.17. The quantitative estimate of drug-likeness (QED) is 0.898. The van der Waals surface area contributed by atoms with Crippen LogP contribution in [0.3, 0.4) is 0 Å². The number of likely N-dealkylation sites (tertiary alicyclic amines) is 1. The first-order valence-corrected chi connectivity index (χ1v) is 7.66. The largest absolute Gasteiger partial charge is 0.383 e. The zero-order valence-electron chi connectivity index (χ0n) is 12.5. The number of hydrogen-bond acceptors (Lipinski definition) is 5. The van der Waals surface area contributed by atoms with Crippen molar-refractivity contribution in [1.29, 1.82) is 0 Å². The minimum atomic E-state index is 0.328. The first-order chi connectivity index (χ1) is 10.2. The van der Waals surface area contributed by atoms with Crippen LogP contribution in [0.25, 0.3) is 10.9 Å². The second-order valence-electron chi connectivity index (χ2n) is 5.90. The summed E-state index contributed by atoms with van der Waals surface area (Å²) < 4.78 is 0. The minimum Gasteiger partial charge on any atom is -0.383 e. The molecule has 2 heterocycles. The summed E-state index contributed by atoms with van der Waals surface area (Å²) >= 11 is 0. The van der Waals surface area contributed by atoms with Crippen LogP contribution in [-0.4, -0.2) is 34.0 Å². The van der Waals surface area contributed by atoms with Gasteiger partial charge in [-0.3, -0.25) is 4.90 Å². The number of anilines is 1. The molecular weight excluding hydrogens is 262 g/mol.